The normalized spacial score (nSPS) is 11.8. The van der Waals surface area contributed by atoms with Gasteiger partial charge in [0.15, 0.2) is 9.84 Å². The Morgan fingerprint density at radius 1 is 1.04 bits per heavy atom. The molecule has 0 aliphatic heterocycles. The molecule has 28 heavy (non-hydrogen) atoms. The Morgan fingerprint density at radius 3 is 2.43 bits per heavy atom. The van der Waals surface area contributed by atoms with Crippen LogP contribution in [0.4, 0.5) is 5.69 Å². The fourth-order valence-corrected chi connectivity index (χ4v) is 4.05. The van der Waals surface area contributed by atoms with Gasteiger partial charge in [-0.25, -0.2) is 8.42 Å². The molecule has 0 aliphatic carbocycles. The molecule has 6 nitrogen and oxygen atoms in total. The maximum absolute atomic E-state index is 12.6. The fraction of sp³-hybridized carbons (Fsp3) is 0.143. The Bertz CT molecular complexity index is 1310. The van der Waals surface area contributed by atoms with Gasteiger partial charge in [0, 0.05) is 52.7 Å². The monoisotopic (exact) mass is 393 g/mol. The molecule has 2 aromatic heterocycles. The largest absolute Gasteiger partial charge is 0.341 e. The van der Waals surface area contributed by atoms with Crippen LogP contribution in [-0.2, 0) is 16.4 Å². The summed E-state index contributed by atoms with van der Waals surface area (Å²) in [5.74, 6) is -0.295. The highest BCUT2D eigenvalue weighted by Gasteiger charge is 2.13. The van der Waals surface area contributed by atoms with Crippen LogP contribution in [0.15, 0.2) is 65.8 Å². The molecule has 1 amide bonds. The van der Waals surface area contributed by atoms with Crippen LogP contribution in [0, 0.1) is 0 Å². The number of hydrogen-bond donors (Lipinski definition) is 1. The minimum absolute atomic E-state index is 0.186. The average molecular weight is 393 g/mol. The first kappa shape index (κ1) is 18.2. The van der Waals surface area contributed by atoms with Gasteiger partial charge in [-0.3, -0.25) is 9.78 Å². The van der Waals surface area contributed by atoms with E-state index in [2.05, 4.69) is 21.8 Å². The van der Waals surface area contributed by atoms with Crippen LogP contribution in [0.25, 0.3) is 21.8 Å². The van der Waals surface area contributed by atoms with Crippen LogP contribution >= 0.6 is 0 Å². The third-order valence-corrected chi connectivity index (χ3v) is 5.91. The zero-order valence-electron chi connectivity index (χ0n) is 15.5. The lowest BCUT2D eigenvalue weighted by Crippen LogP contribution is -2.12. The van der Waals surface area contributed by atoms with E-state index in [-0.39, 0.29) is 10.8 Å². The Labute approximate surface area is 162 Å². The Kier molecular flexibility index (Phi) is 4.39. The van der Waals surface area contributed by atoms with Crippen molar-refractivity contribution >= 4 is 43.2 Å². The highest BCUT2D eigenvalue weighted by atomic mass is 32.2. The van der Waals surface area contributed by atoms with Crippen LogP contribution < -0.4 is 5.32 Å². The van der Waals surface area contributed by atoms with Crippen LogP contribution in [0.2, 0.25) is 0 Å². The molecule has 0 unspecified atom stereocenters. The van der Waals surface area contributed by atoms with Crippen molar-refractivity contribution in [3.63, 3.8) is 0 Å². The number of aryl methyl sites for hydroxylation is 1. The molecule has 0 spiro atoms. The number of benzene rings is 2. The van der Waals surface area contributed by atoms with Crippen LogP contribution in [-0.4, -0.2) is 30.1 Å². The van der Waals surface area contributed by atoms with Gasteiger partial charge in [-0.05, 0) is 55.5 Å². The predicted octanol–water partition coefficient (Wildman–Crippen LogP) is 3.87. The quantitative estimate of drug-likeness (QED) is 0.571. The number of nitrogens with zero attached hydrogens (tertiary/aromatic N) is 2. The highest BCUT2D eigenvalue weighted by molar-refractivity contribution is 7.90. The molecular formula is C21H19N3O3S. The molecule has 7 heteroatoms. The summed E-state index contributed by atoms with van der Waals surface area (Å²) < 4.78 is 25.3. The Morgan fingerprint density at radius 2 is 1.75 bits per heavy atom. The number of aromatic nitrogens is 2. The molecule has 0 saturated heterocycles. The standard InChI is InChI=1S/C21H19N3O3S/c1-3-24-19-9-6-15(12-17(19)18-13-22-11-10-20(18)24)23-21(25)14-4-7-16(8-5-14)28(2,26)27/h4-13H,3H2,1-2H3,(H,23,25). The number of carbonyl (C=O) groups is 1. The second-order valence-electron chi connectivity index (χ2n) is 6.62. The van der Waals surface area contributed by atoms with E-state index >= 15 is 0 Å². The van der Waals surface area contributed by atoms with Gasteiger partial charge in [0.05, 0.1) is 10.4 Å². The van der Waals surface area contributed by atoms with Crippen molar-refractivity contribution in [2.45, 2.75) is 18.4 Å². The maximum atomic E-state index is 12.6. The summed E-state index contributed by atoms with van der Waals surface area (Å²) in [6.45, 7) is 2.93. The number of pyridine rings is 1. The molecule has 0 atom stereocenters. The van der Waals surface area contributed by atoms with E-state index in [1.54, 1.807) is 6.20 Å². The lowest BCUT2D eigenvalue weighted by molar-refractivity contribution is 0.102. The van der Waals surface area contributed by atoms with E-state index < -0.39 is 9.84 Å². The van der Waals surface area contributed by atoms with E-state index in [0.29, 0.717) is 11.3 Å². The Balaban J connectivity index is 1.68. The third kappa shape index (κ3) is 3.14. The summed E-state index contributed by atoms with van der Waals surface area (Å²) in [5, 5.41) is 4.94. The SMILES string of the molecule is CCn1c2ccncc2c2cc(NC(=O)c3ccc(S(C)(=O)=O)cc3)ccc21. The van der Waals surface area contributed by atoms with Gasteiger partial charge >= 0.3 is 0 Å². The molecule has 4 aromatic rings. The molecule has 0 aliphatic rings. The van der Waals surface area contributed by atoms with Crippen molar-refractivity contribution in [1.29, 1.82) is 0 Å². The van der Waals surface area contributed by atoms with Gasteiger partial charge in [0.25, 0.3) is 5.91 Å². The second-order valence-corrected chi connectivity index (χ2v) is 8.64. The van der Waals surface area contributed by atoms with Crippen LogP contribution in [0.1, 0.15) is 17.3 Å². The van der Waals surface area contributed by atoms with Gasteiger partial charge in [-0.2, -0.15) is 0 Å². The number of sulfone groups is 1. The summed E-state index contributed by atoms with van der Waals surface area (Å²) >= 11 is 0. The second kappa shape index (κ2) is 6.76. The average Bonchev–Trinajstić information content (AvgIpc) is 3.00. The first-order chi connectivity index (χ1) is 13.4. The highest BCUT2D eigenvalue weighted by Crippen LogP contribution is 2.30. The van der Waals surface area contributed by atoms with E-state index in [4.69, 9.17) is 0 Å². The summed E-state index contributed by atoms with van der Waals surface area (Å²) in [6, 6.07) is 13.7. The van der Waals surface area contributed by atoms with Gasteiger partial charge < -0.3 is 9.88 Å². The summed E-state index contributed by atoms with van der Waals surface area (Å²) in [6.07, 6.45) is 4.74. The third-order valence-electron chi connectivity index (χ3n) is 4.79. The lowest BCUT2D eigenvalue weighted by Gasteiger charge is -2.07. The Hall–Kier alpha value is -3.19. The summed E-state index contributed by atoms with van der Waals surface area (Å²) in [5.41, 5.74) is 3.25. The van der Waals surface area contributed by atoms with Crippen molar-refractivity contribution in [2.75, 3.05) is 11.6 Å². The van der Waals surface area contributed by atoms with Crippen molar-refractivity contribution in [3.05, 3.63) is 66.5 Å². The van der Waals surface area contributed by atoms with E-state index in [1.165, 1.54) is 24.3 Å². The van der Waals surface area contributed by atoms with Crippen LogP contribution in [0.5, 0.6) is 0 Å². The number of amides is 1. The van der Waals surface area contributed by atoms with Gasteiger partial charge in [-0.1, -0.05) is 0 Å². The van der Waals surface area contributed by atoms with Crippen molar-refractivity contribution < 1.29 is 13.2 Å². The zero-order chi connectivity index (χ0) is 19.9. The zero-order valence-corrected chi connectivity index (χ0v) is 16.3. The number of rotatable bonds is 4. The first-order valence-electron chi connectivity index (χ1n) is 8.86. The smallest absolute Gasteiger partial charge is 0.255 e. The summed E-state index contributed by atoms with van der Waals surface area (Å²) in [7, 11) is -3.29. The predicted molar refractivity (Wildman–Crippen MR) is 110 cm³/mol. The number of nitrogens with one attached hydrogen (secondary N) is 1. The van der Waals surface area contributed by atoms with Crippen LogP contribution in [0.3, 0.4) is 0 Å². The van der Waals surface area contributed by atoms with Crippen molar-refractivity contribution in [1.82, 2.24) is 9.55 Å². The topological polar surface area (TPSA) is 81.1 Å². The maximum Gasteiger partial charge on any atom is 0.255 e. The molecule has 1 N–H and O–H groups in total. The van der Waals surface area contributed by atoms with E-state index in [9.17, 15) is 13.2 Å². The molecule has 0 radical (unpaired) electrons. The number of carbonyl (C=O) groups excluding carboxylic acids is 1. The molecule has 0 bridgehead atoms. The first-order valence-corrected chi connectivity index (χ1v) is 10.7. The molecule has 0 saturated carbocycles. The van der Waals surface area contributed by atoms with Gasteiger partial charge in [0.1, 0.15) is 0 Å². The van der Waals surface area contributed by atoms with Gasteiger partial charge in [-0.15, -0.1) is 0 Å². The van der Waals surface area contributed by atoms with E-state index in [0.717, 1.165) is 34.6 Å². The molecule has 2 aromatic carbocycles. The molecule has 0 fully saturated rings. The lowest BCUT2D eigenvalue weighted by atomic mass is 10.1. The minimum atomic E-state index is -3.29. The van der Waals surface area contributed by atoms with E-state index in [1.807, 2.05) is 30.5 Å². The molecule has 2 heterocycles. The van der Waals surface area contributed by atoms with Gasteiger partial charge in [0.2, 0.25) is 0 Å². The van der Waals surface area contributed by atoms with Crippen molar-refractivity contribution in [3.8, 4) is 0 Å². The summed E-state index contributed by atoms with van der Waals surface area (Å²) in [4.78, 5) is 17.0. The molecular weight excluding hydrogens is 374 g/mol. The molecule has 142 valence electrons. The fourth-order valence-electron chi connectivity index (χ4n) is 3.42. The van der Waals surface area contributed by atoms with Crippen molar-refractivity contribution in [2.24, 2.45) is 0 Å². The number of fused-ring (bicyclic) bond motifs is 3. The number of anilines is 1. The minimum Gasteiger partial charge on any atom is -0.341 e. The molecule has 4 rings (SSSR count). The number of hydrogen-bond acceptors (Lipinski definition) is 4.